The molecule has 3 rings (SSSR count). The summed E-state index contributed by atoms with van der Waals surface area (Å²) in [6.45, 7) is 2.17. The number of aromatic nitrogens is 2. The van der Waals surface area contributed by atoms with Crippen LogP contribution in [0.2, 0.25) is 0 Å². The van der Waals surface area contributed by atoms with Crippen molar-refractivity contribution in [3.63, 3.8) is 0 Å². The highest BCUT2D eigenvalue weighted by molar-refractivity contribution is 5.21. The van der Waals surface area contributed by atoms with Gasteiger partial charge >= 0.3 is 0 Å². The van der Waals surface area contributed by atoms with E-state index in [4.69, 9.17) is 0 Å². The van der Waals surface area contributed by atoms with Crippen molar-refractivity contribution in [1.82, 2.24) is 15.3 Å². The van der Waals surface area contributed by atoms with Crippen LogP contribution in [0.25, 0.3) is 0 Å². The van der Waals surface area contributed by atoms with Crippen molar-refractivity contribution in [3.8, 4) is 0 Å². The lowest BCUT2D eigenvalue weighted by Crippen LogP contribution is -2.28. The predicted octanol–water partition coefficient (Wildman–Crippen LogP) is 2.53. The van der Waals surface area contributed by atoms with E-state index < -0.39 is 0 Å². The van der Waals surface area contributed by atoms with Crippen LogP contribution in [0.4, 0.5) is 0 Å². The Hall–Kier alpha value is -1.74. The molecule has 1 atom stereocenters. The Bertz CT molecular complexity index is 501. The quantitative estimate of drug-likeness (QED) is 0.913. The van der Waals surface area contributed by atoms with E-state index in [-0.39, 0.29) is 0 Å². The minimum atomic E-state index is 0.534. The first kappa shape index (κ1) is 12.3. The summed E-state index contributed by atoms with van der Waals surface area (Å²) in [6, 6.07) is 10.4. The first-order valence-corrected chi connectivity index (χ1v) is 6.97. The second-order valence-corrected chi connectivity index (χ2v) is 5.14. The summed E-state index contributed by atoms with van der Waals surface area (Å²) in [5, 5.41) is 3.42. The number of benzene rings is 1. The van der Waals surface area contributed by atoms with Crippen molar-refractivity contribution in [3.05, 3.63) is 59.7 Å². The first-order valence-electron chi connectivity index (χ1n) is 6.97. The molecular weight excluding hydrogens is 234 g/mol. The Balaban J connectivity index is 1.68. The van der Waals surface area contributed by atoms with Gasteiger partial charge in [-0.3, -0.25) is 9.97 Å². The zero-order valence-corrected chi connectivity index (χ0v) is 11.0. The molecule has 0 radical (unpaired) electrons. The van der Waals surface area contributed by atoms with E-state index in [2.05, 4.69) is 39.6 Å². The van der Waals surface area contributed by atoms with Crippen molar-refractivity contribution in [2.24, 2.45) is 0 Å². The molecule has 1 aliphatic rings. The molecule has 1 N–H and O–H groups in total. The minimum absolute atomic E-state index is 0.534. The number of piperidine rings is 1. The maximum Gasteiger partial charge on any atom is 0.0630 e. The summed E-state index contributed by atoms with van der Waals surface area (Å²) < 4.78 is 0. The smallest absolute Gasteiger partial charge is 0.0630 e. The zero-order chi connectivity index (χ0) is 12.9. The molecule has 0 amide bonds. The average molecular weight is 253 g/mol. The van der Waals surface area contributed by atoms with Gasteiger partial charge in [0, 0.05) is 31.3 Å². The fourth-order valence-electron chi connectivity index (χ4n) is 2.58. The molecule has 2 heterocycles. The van der Waals surface area contributed by atoms with Crippen LogP contribution in [0.5, 0.6) is 0 Å². The topological polar surface area (TPSA) is 37.8 Å². The van der Waals surface area contributed by atoms with Crippen molar-refractivity contribution >= 4 is 0 Å². The van der Waals surface area contributed by atoms with Crippen LogP contribution in [0, 0.1) is 0 Å². The van der Waals surface area contributed by atoms with E-state index >= 15 is 0 Å². The molecule has 1 fully saturated rings. The van der Waals surface area contributed by atoms with Gasteiger partial charge in [-0.15, -0.1) is 0 Å². The Morgan fingerprint density at radius 1 is 1.11 bits per heavy atom. The van der Waals surface area contributed by atoms with Crippen molar-refractivity contribution < 1.29 is 0 Å². The van der Waals surface area contributed by atoms with Crippen LogP contribution in [-0.4, -0.2) is 23.1 Å². The molecule has 98 valence electrons. The maximum atomic E-state index is 4.60. The van der Waals surface area contributed by atoms with E-state index in [0.29, 0.717) is 5.92 Å². The van der Waals surface area contributed by atoms with Gasteiger partial charge in [-0.25, -0.2) is 0 Å². The molecule has 1 aliphatic heterocycles. The third-order valence-electron chi connectivity index (χ3n) is 3.67. The minimum Gasteiger partial charge on any atom is -0.316 e. The van der Waals surface area contributed by atoms with Gasteiger partial charge < -0.3 is 5.32 Å². The normalized spacial score (nSPS) is 19.3. The largest absolute Gasteiger partial charge is 0.316 e. The van der Waals surface area contributed by atoms with E-state index in [9.17, 15) is 0 Å². The molecule has 0 aliphatic carbocycles. The SMILES string of the molecule is c1ccc(Cc2cnc(C3CCCNC3)cn2)cc1. The van der Waals surface area contributed by atoms with Crippen LogP contribution < -0.4 is 5.32 Å². The first-order chi connectivity index (χ1) is 9.42. The summed E-state index contributed by atoms with van der Waals surface area (Å²) in [5.74, 6) is 0.534. The van der Waals surface area contributed by atoms with Gasteiger partial charge in [0.25, 0.3) is 0 Å². The molecule has 0 saturated carbocycles. The highest BCUT2D eigenvalue weighted by atomic mass is 14.9. The standard InChI is InChI=1S/C16H19N3/c1-2-5-13(6-3-1)9-15-11-19-16(12-18-15)14-7-4-8-17-10-14/h1-3,5-6,11-12,14,17H,4,7-10H2. The number of nitrogens with one attached hydrogen (secondary N) is 1. The Morgan fingerprint density at radius 3 is 2.68 bits per heavy atom. The summed E-state index contributed by atoms with van der Waals surface area (Å²) in [4.78, 5) is 9.15. The maximum absolute atomic E-state index is 4.60. The molecule has 1 unspecified atom stereocenters. The average Bonchev–Trinajstić information content (AvgIpc) is 2.50. The Kier molecular flexibility index (Phi) is 3.84. The van der Waals surface area contributed by atoms with E-state index in [1.807, 2.05) is 18.5 Å². The fraction of sp³-hybridized carbons (Fsp3) is 0.375. The van der Waals surface area contributed by atoms with Gasteiger partial charge in [0.1, 0.15) is 0 Å². The summed E-state index contributed by atoms with van der Waals surface area (Å²) in [5.41, 5.74) is 3.45. The molecule has 0 spiro atoms. The Labute approximate surface area is 114 Å². The third-order valence-corrected chi connectivity index (χ3v) is 3.67. The number of rotatable bonds is 3. The molecule has 19 heavy (non-hydrogen) atoms. The van der Waals surface area contributed by atoms with Gasteiger partial charge in [0.2, 0.25) is 0 Å². The molecule has 3 heteroatoms. The predicted molar refractivity (Wildman–Crippen MR) is 76.1 cm³/mol. The molecule has 2 aromatic rings. The highest BCUT2D eigenvalue weighted by Gasteiger charge is 2.16. The highest BCUT2D eigenvalue weighted by Crippen LogP contribution is 2.20. The van der Waals surface area contributed by atoms with Crippen LogP contribution in [0.3, 0.4) is 0 Å². The van der Waals surface area contributed by atoms with Gasteiger partial charge in [-0.1, -0.05) is 30.3 Å². The zero-order valence-electron chi connectivity index (χ0n) is 11.0. The second kappa shape index (κ2) is 5.93. The van der Waals surface area contributed by atoms with E-state index in [0.717, 1.165) is 30.9 Å². The molecule has 3 nitrogen and oxygen atoms in total. The van der Waals surface area contributed by atoms with Crippen molar-refractivity contribution in [2.45, 2.75) is 25.2 Å². The summed E-state index contributed by atoms with van der Waals surface area (Å²) in [6.07, 6.45) is 7.20. The lowest BCUT2D eigenvalue weighted by molar-refractivity contribution is 0.453. The number of hydrogen-bond acceptors (Lipinski definition) is 3. The molecule has 1 aromatic carbocycles. The fourth-order valence-corrected chi connectivity index (χ4v) is 2.58. The van der Waals surface area contributed by atoms with Crippen molar-refractivity contribution in [1.29, 1.82) is 0 Å². The number of nitrogens with zero attached hydrogens (tertiary/aromatic N) is 2. The van der Waals surface area contributed by atoms with Crippen LogP contribution in [0.1, 0.15) is 35.7 Å². The van der Waals surface area contributed by atoms with Crippen LogP contribution in [0.15, 0.2) is 42.7 Å². The van der Waals surface area contributed by atoms with Crippen molar-refractivity contribution in [2.75, 3.05) is 13.1 Å². The van der Waals surface area contributed by atoms with Gasteiger partial charge in [0.05, 0.1) is 11.4 Å². The second-order valence-electron chi connectivity index (χ2n) is 5.14. The molecule has 0 bridgehead atoms. The van der Waals surface area contributed by atoms with Crippen LogP contribution in [-0.2, 0) is 6.42 Å². The van der Waals surface area contributed by atoms with E-state index in [1.54, 1.807) is 0 Å². The lowest BCUT2D eigenvalue weighted by Gasteiger charge is -2.21. The summed E-state index contributed by atoms with van der Waals surface area (Å²) in [7, 11) is 0. The Morgan fingerprint density at radius 2 is 2.00 bits per heavy atom. The third kappa shape index (κ3) is 3.18. The van der Waals surface area contributed by atoms with Gasteiger partial charge in [-0.05, 0) is 24.9 Å². The summed E-state index contributed by atoms with van der Waals surface area (Å²) >= 11 is 0. The monoisotopic (exact) mass is 253 g/mol. The molecule has 1 aromatic heterocycles. The van der Waals surface area contributed by atoms with E-state index in [1.165, 1.54) is 18.4 Å². The number of hydrogen-bond donors (Lipinski definition) is 1. The molecule has 1 saturated heterocycles. The molecular formula is C16H19N3. The van der Waals surface area contributed by atoms with Crippen LogP contribution >= 0.6 is 0 Å². The van der Waals surface area contributed by atoms with Gasteiger partial charge in [-0.2, -0.15) is 0 Å². The van der Waals surface area contributed by atoms with Gasteiger partial charge in [0.15, 0.2) is 0 Å². The lowest BCUT2D eigenvalue weighted by atomic mass is 9.96.